The second-order valence-corrected chi connectivity index (χ2v) is 6.31. The van der Waals surface area contributed by atoms with Crippen LogP contribution < -0.4 is 4.90 Å². The van der Waals surface area contributed by atoms with Gasteiger partial charge in [0.1, 0.15) is 11.7 Å². The molecule has 0 unspecified atom stereocenters. The first-order valence-electron chi connectivity index (χ1n) is 7.92. The highest BCUT2D eigenvalue weighted by Gasteiger charge is 2.38. The summed E-state index contributed by atoms with van der Waals surface area (Å²) in [6.07, 6.45) is 1.68. The number of para-hydroxylation sites is 1. The van der Waals surface area contributed by atoms with Gasteiger partial charge in [-0.05, 0) is 30.7 Å². The maximum atomic E-state index is 12.8. The van der Waals surface area contributed by atoms with E-state index in [1.165, 1.54) is 23.2 Å². The third kappa shape index (κ3) is 3.25. The first-order valence-corrected chi connectivity index (χ1v) is 8.30. The van der Waals surface area contributed by atoms with Crippen molar-refractivity contribution in [3.63, 3.8) is 0 Å². The lowest BCUT2D eigenvalue weighted by atomic mass is 10.1. The molecule has 0 saturated carbocycles. The fourth-order valence-corrected chi connectivity index (χ4v) is 3.16. The first kappa shape index (κ1) is 17.9. The molecule has 1 aromatic heterocycles. The van der Waals surface area contributed by atoms with Gasteiger partial charge in [0.15, 0.2) is 0 Å². The number of halogens is 1. The van der Waals surface area contributed by atoms with Gasteiger partial charge in [0.05, 0.1) is 16.3 Å². The lowest BCUT2D eigenvalue weighted by Crippen LogP contribution is -2.43. The number of pyridine rings is 1. The third-order valence-corrected chi connectivity index (χ3v) is 4.66. The molecule has 2 heterocycles. The number of amides is 2. The van der Waals surface area contributed by atoms with E-state index in [4.69, 9.17) is 16.7 Å². The third-order valence-electron chi connectivity index (χ3n) is 4.34. The number of carboxylic acid groups (broad SMARTS) is 1. The zero-order valence-electron chi connectivity index (χ0n) is 13.9. The van der Waals surface area contributed by atoms with E-state index >= 15 is 0 Å². The van der Waals surface area contributed by atoms with E-state index in [9.17, 15) is 14.4 Å². The van der Waals surface area contributed by atoms with Gasteiger partial charge in [-0.15, -0.1) is 0 Å². The molecule has 26 heavy (non-hydrogen) atoms. The lowest BCUT2D eigenvalue weighted by Gasteiger charge is -2.24. The van der Waals surface area contributed by atoms with Gasteiger partial charge in [-0.1, -0.05) is 23.7 Å². The van der Waals surface area contributed by atoms with Crippen molar-refractivity contribution in [3.05, 3.63) is 58.9 Å². The standard InChI is InChI=1S/C18H16ClN3O4/c1-21(16(23)11-6-7-13(18(25)26)20-10-11)15-8-9-22(17(15)24)14-5-3-2-4-12(14)19/h2-7,10,15H,8-9H2,1H3,(H,25,26)/t15-/m0/s1. The molecule has 2 amide bonds. The summed E-state index contributed by atoms with van der Waals surface area (Å²) in [6, 6.07) is 9.09. The minimum atomic E-state index is -1.17. The molecular formula is C18H16ClN3O4. The van der Waals surface area contributed by atoms with Crippen LogP contribution in [0.5, 0.6) is 0 Å². The average Bonchev–Trinajstić information content (AvgIpc) is 3.02. The molecule has 8 heteroatoms. The second-order valence-electron chi connectivity index (χ2n) is 5.90. The quantitative estimate of drug-likeness (QED) is 0.888. The zero-order valence-corrected chi connectivity index (χ0v) is 14.7. The van der Waals surface area contributed by atoms with E-state index in [1.54, 1.807) is 36.2 Å². The molecule has 1 aliphatic rings. The predicted octanol–water partition coefficient (Wildman–Crippen LogP) is 2.31. The summed E-state index contributed by atoms with van der Waals surface area (Å²) in [5, 5.41) is 9.35. The number of aromatic carboxylic acids is 1. The van der Waals surface area contributed by atoms with Crippen molar-refractivity contribution in [2.24, 2.45) is 0 Å². The van der Waals surface area contributed by atoms with Crippen LogP contribution in [0.2, 0.25) is 5.02 Å². The minimum Gasteiger partial charge on any atom is -0.477 e. The molecule has 1 fully saturated rings. The van der Waals surface area contributed by atoms with Gasteiger partial charge in [-0.25, -0.2) is 9.78 Å². The molecule has 1 aromatic carbocycles. The van der Waals surface area contributed by atoms with Crippen LogP contribution in [0, 0.1) is 0 Å². The summed E-state index contributed by atoms with van der Waals surface area (Å²) in [5.41, 5.74) is 0.697. The van der Waals surface area contributed by atoms with Gasteiger partial charge in [-0.3, -0.25) is 9.59 Å². The van der Waals surface area contributed by atoms with Crippen molar-refractivity contribution in [1.82, 2.24) is 9.88 Å². The van der Waals surface area contributed by atoms with Crippen LogP contribution >= 0.6 is 11.6 Å². The smallest absolute Gasteiger partial charge is 0.354 e. The number of carbonyl (C=O) groups excluding carboxylic acids is 2. The summed E-state index contributed by atoms with van der Waals surface area (Å²) in [7, 11) is 1.55. The Balaban J connectivity index is 1.77. The molecule has 1 N–H and O–H groups in total. The Morgan fingerprint density at radius 3 is 2.62 bits per heavy atom. The molecular weight excluding hydrogens is 358 g/mol. The van der Waals surface area contributed by atoms with E-state index in [0.29, 0.717) is 23.7 Å². The number of rotatable bonds is 4. The van der Waals surface area contributed by atoms with Crippen molar-refractivity contribution in [3.8, 4) is 0 Å². The highest BCUT2D eigenvalue weighted by Crippen LogP contribution is 2.30. The summed E-state index contributed by atoms with van der Waals surface area (Å²) in [6.45, 7) is 0.459. The monoisotopic (exact) mass is 373 g/mol. The number of carbonyl (C=O) groups is 3. The molecule has 0 aliphatic carbocycles. The number of hydrogen-bond acceptors (Lipinski definition) is 4. The van der Waals surface area contributed by atoms with Crippen molar-refractivity contribution in [2.75, 3.05) is 18.5 Å². The van der Waals surface area contributed by atoms with Crippen LogP contribution in [0.15, 0.2) is 42.6 Å². The Morgan fingerprint density at radius 1 is 1.27 bits per heavy atom. The number of anilines is 1. The average molecular weight is 374 g/mol. The van der Waals surface area contributed by atoms with Gasteiger partial charge in [-0.2, -0.15) is 0 Å². The second kappa shape index (κ2) is 7.13. The van der Waals surface area contributed by atoms with E-state index in [0.717, 1.165) is 0 Å². The maximum Gasteiger partial charge on any atom is 0.354 e. The van der Waals surface area contributed by atoms with Gasteiger partial charge >= 0.3 is 5.97 Å². The fourth-order valence-electron chi connectivity index (χ4n) is 2.93. The van der Waals surface area contributed by atoms with Crippen LogP contribution in [-0.4, -0.2) is 52.4 Å². The number of nitrogens with zero attached hydrogens (tertiary/aromatic N) is 3. The molecule has 0 spiro atoms. The number of carboxylic acids is 1. The highest BCUT2D eigenvalue weighted by molar-refractivity contribution is 6.34. The Kier molecular flexibility index (Phi) is 4.90. The molecule has 1 saturated heterocycles. The van der Waals surface area contributed by atoms with E-state index in [2.05, 4.69) is 4.98 Å². The first-order chi connectivity index (χ1) is 12.4. The normalized spacial score (nSPS) is 16.6. The number of aromatic nitrogens is 1. The zero-order chi connectivity index (χ0) is 18.8. The van der Waals surface area contributed by atoms with E-state index < -0.39 is 17.9 Å². The summed E-state index contributed by atoms with van der Waals surface area (Å²) in [4.78, 5) is 42.9. The molecule has 1 atom stereocenters. The minimum absolute atomic E-state index is 0.147. The largest absolute Gasteiger partial charge is 0.477 e. The van der Waals surface area contributed by atoms with Gasteiger partial charge < -0.3 is 14.9 Å². The molecule has 3 rings (SSSR count). The van der Waals surface area contributed by atoms with Crippen LogP contribution in [0.25, 0.3) is 0 Å². The maximum absolute atomic E-state index is 12.8. The number of hydrogen-bond donors (Lipinski definition) is 1. The van der Waals surface area contributed by atoms with Gasteiger partial charge in [0.25, 0.3) is 5.91 Å². The van der Waals surface area contributed by atoms with Crippen molar-refractivity contribution in [2.45, 2.75) is 12.5 Å². The fraction of sp³-hybridized carbons (Fsp3) is 0.222. The van der Waals surface area contributed by atoms with E-state index in [-0.39, 0.29) is 17.2 Å². The van der Waals surface area contributed by atoms with Crippen LogP contribution in [0.4, 0.5) is 5.69 Å². The van der Waals surface area contributed by atoms with E-state index in [1.807, 2.05) is 0 Å². The molecule has 2 aromatic rings. The van der Waals surface area contributed by atoms with Crippen LogP contribution in [0.3, 0.4) is 0 Å². The van der Waals surface area contributed by atoms with Crippen LogP contribution in [0.1, 0.15) is 27.3 Å². The molecule has 1 aliphatic heterocycles. The van der Waals surface area contributed by atoms with Crippen molar-refractivity contribution in [1.29, 1.82) is 0 Å². The Labute approximate surface area is 154 Å². The molecule has 134 valence electrons. The summed E-state index contributed by atoms with van der Waals surface area (Å²) >= 11 is 6.17. The highest BCUT2D eigenvalue weighted by atomic mass is 35.5. The molecule has 7 nitrogen and oxygen atoms in total. The molecule has 0 radical (unpaired) electrons. The summed E-state index contributed by atoms with van der Waals surface area (Å²) < 4.78 is 0. The van der Waals surface area contributed by atoms with Gasteiger partial charge in [0.2, 0.25) is 5.91 Å². The number of likely N-dealkylation sites (N-methyl/N-ethyl adjacent to an activating group) is 1. The Bertz CT molecular complexity index is 869. The van der Waals surface area contributed by atoms with Crippen molar-refractivity contribution < 1.29 is 19.5 Å². The number of benzene rings is 1. The SMILES string of the molecule is CN(C(=O)c1ccc(C(=O)O)nc1)[C@H]1CCN(c2ccccc2Cl)C1=O. The molecule has 0 bridgehead atoms. The predicted molar refractivity (Wildman–Crippen MR) is 95.5 cm³/mol. The lowest BCUT2D eigenvalue weighted by molar-refractivity contribution is -0.120. The Morgan fingerprint density at radius 2 is 2.00 bits per heavy atom. The topological polar surface area (TPSA) is 90.8 Å². The summed E-state index contributed by atoms with van der Waals surface area (Å²) in [5.74, 6) is -1.77. The Hall–Kier alpha value is -2.93. The van der Waals surface area contributed by atoms with Crippen molar-refractivity contribution >= 4 is 35.1 Å². The van der Waals surface area contributed by atoms with Gasteiger partial charge in [0, 0.05) is 19.8 Å². The van der Waals surface area contributed by atoms with Crippen LogP contribution in [-0.2, 0) is 4.79 Å².